The average molecular weight is 531 g/mol. The third kappa shape index (κ3) is 5.51. The van der Waals surface area contributed by atoms with Gasteiger partial charge >= 0.3 is 0 Å². The van der Waals surface area contributed by atoms with Gasteiger partial charge in [0.25, 0.3) is 11.4 Å². The number of nitro benzene ring substituents is 2. The van der Waals surface area contributed by atoms with Crippen LogP contribution >= 0.6 is 0 Å². The lowest BCUT2D eigenvalue weighted by molar-refractivity contribution is -0.385. The van der Waals surface area contributed by atoms with Crippen molar-refractivity contribution < 1.29 is 9.85 Å². The molecule has 8 nitrogen and oxygen atoms in total. The van der Waals surface area contributed by atoms with Crippen molar-refractivity contribution in [2.45, 2.75) is 13.8 Å². The molecule has 5 aromatic rings. The van der Waals surface area contributed by atoms with E-state index in [9.17, 15) is 20.2 Å². The van der Waals surface area contributed by atoms with Gasteiger partial charge in [0.2, 0.25) is 0 Å². The summed E-state index contributed by atoms with van der Waals surface area (Å²) in [6.45, 7) is 4.11. The molecule has 0 saturated carbocycles. The molecule has 0 radical (unpaired) electrons. The minimum absolute atomic E-state index is 0.0189. The fourth-order valence-corrected chi connectivity index (χ4v) is 4.48. The molecule has 40 heavy (non-hydrogen) atoms. The van der Waals surface area contributed by atoms with Gasteiger partial charge in [-0.25, -0.2) is 0 Å². The van der Waals surface area contributed by atoms with E-state index in [0.717, 1.165) is 22.7 Å². The van der Waals surface area contributed by atoms with E-state index in [4.69, 9.17) is 0 Å². The summed E-state index contributed by atoms with van der Waals surface area (Å²) in [6.07, 6.45) is 0. The fraction of sp³-hybridized carbons (Fsp3) is 0.0625. The smallest absolute Gasteiger partial charge is 0.269 e. The molecule has 0 saturated heterocycles. The third-order valence-corrected chi connectivity index (χ3v) is 6.59. The zero-order valence-corrected chi connectivity index (χ0v) is 22.0. The third-order valence-electron chi connectivity index (χ3n) is 6.59. The maximum absolute atomic E-state index is 11.2. The number of hydrogen-bond donors (Lipinski definition) is 0. The van der Waals surface area contributed by atoms with Crippen molar-refractivity contribution in [2.24, 2.45) is 0 Å². The molecule has 0 aromatic heterocycles. The highest BCUT2D eigenvalue weighted by Crippen LogP contribution is 2.39. The van der Waals surface area contributed by atoms with Gasteiger partial charge in [0.1, 0.15) is 0 Å². The van der Waals surface area contributed by atoms with Crippen molar-refractivity contribution in [3.8, 4) is 0 Å². The topological polar surface area (TPSA) is 92.8 Å². The number of aryl methyl sites for hydroxylation is 2. The molecule has 0 heterocycles. The molecule has 8 heteroatoms. The fourth-order valence-electron chi connectivity index (χ4n) is 4.48. The van der Waals surface area contributed by atoms with E-state index >= 15 is 0 Å². The van der Waals surface area contributed by atoms with Gasteiger partial charge in [0, 0.05) is 58.4 Å². The van der Waals surface area contributed by atoms with Crippen LogP contribution in [0.25, 0.3) is 0 Å². The van der Waals surface area contributed by atoms with E-state index in [0.29, 0.717) is 11.4 Å². The molecule has 0 N–H and O–H groups in total. The molecule has 0 fully saturated rings. The quantitative estimate of drug-likeness (QED) is 0.147. The number of anilines is 6. The lowest BCUT2D eigenvalue weighted by Crippen LogP contribution is -2.12. The molecule has 0 amide bonds. The molecular weight excluding hydrogens is 504 g/mol. The van der Waals surface area contributed by atoms with Gasteiger partial charge in [-0.05, 0) is 86.6 Å². The predicted molar refractivity (Wildman–Crippen MR) is 159 cm³/mol. The highest BCUT2D eigenvalue weighted by Gasteiger charge is 2.18. The van der Waals surface area contributed by atoms with Gasteiger partial charge in [-0.3, -0.25) is 20.2 Å². The zero-order chi connectivity index (χ0) is 28.2. The second-order valence-corrected chi connectivity index (χ2v) is 9.41. The second kappa shape index (κ2) is 11.1. The summed E-state index contributed by atoms with van der Waals surface area (Å²) in [4.78, 5) is 25.6. The Balaban J connectivity index is 1.58. The minimum Gasteiger partial charge on any atom is -0.311 e. The normalized spacial score (nSPS) is 10.7. The lowest BCUT2D eigenvalue weighted by Gasteiger charge is -2.28. The van der Waals surface area contributed by atoms with Crippen LogP contribution in [-0.2, 0) is 0 Å². The SMILES string of the molecule is Cc1ccc(N(c2ccc(C)cc2)c2ccc(N(c3ccc([N+](=O)[O-])cc3)c3ccc([N+](=O)[O-])cc3)cc2)cc1. The molecule has 0 unspecified atom stereocenters. The van der Waals surface area contributed by atoms with Gasteiger partial charge in [-0.15, -0.1) is 0 Å². The first-order valence-corrected chi connectivity index (χ1v) is 12.6. The molecule has 0 bridgehead atoms. The van der Waals surface area contributed by atoms with Gasteiger partial charge in [-0.2, -0.15) is 0 Å². The Morgan fingerprint density at radius 2 is 0.600 bits per heavy atom. The van der Waals surface area contributed by atoms with E-state index in [2.05, 4.69) is 67.3 Å². The Hall–Kier alpha value is -5.50. The number of hydrogen-bond acceptors (Lipinski definition) is 6. The van der Waals surface area contributed by atoms with Crippen LogP contribution in [0.2, 0.25) is 0 Å². The van der Waals surface area contributed by atoms with Crippen molar-refractivity contribution in [1.82, 2.24) is 0 Å². The Bertz CT molecular complexity index is 1530. The summed E-state index contributed by atoms with van der Waals surface area (Å²) in [5, 5.41) is 22.4. The van der Waals surface area contributed by atoms with E-state index in [1.807, 2.05) is 29.2 Å². The number of nitro groups is 2. The largest absolute Gasteiger partial charge is 0.311 e. The lowest BCUT2D eigenvalue weighted by atomic mass is 10.1. The highest BCUT2D eigenvalue weighted by molar-refractivity contribution is 5.81. The van der Waals surface area contributed by atoms with Crippen molar-refractivity contribution in [3.63, 3.8) is 0 Å². The molecule has 0 aliphatic carbocycles. The summed E-state index contributed by atoms with van der Waals surface area (Å²) in [5.41, 5.74) is 7.44. The van der Waals surface area contributed by atoms with Gasteiger partial charge in [0.15, 0.2) is 0 Å². The molecule has 0 aliphatic rings. The average Bonchev–Trinajstić information content (AvgIpc) is 2.97. The molecular formula is C32H26N4O4. The van der Waals surface area contributed by atoms with Crippen LogP contribution in [0.15, 0.2) is 121 Å². The van der Waals surface area contributed by atoms with E-state index in [1.165, 1.54) is 35.4 Å². The number of benzene rings is 5. The van der Waals surface area contributed by atoms with Crippen molar-refractivity contribution in [2.75, 3.05) is 9.80 Å². The summed E-state index contributed by atoms with van der Waals surface area (Å²) in [7, 11) is 0. The van der Waals surface area contributed by atoms with Crippen LogP contribution in [0.5, 0.6) is 0 Å². The summed E-state index contributed by atoms with van der Waals surface area (Å²) in [5.74, 6) is 0. The zero-order valence-electron chi connectivity index (χ0n) is 22.0. The number of nitrogens with zero attached hydrogens (tertiary/aromatic N) is 4. The number of non-ortho nitro benzene ring substituents is 2. The van der Waals surface area contributed by atoms with Gasteiger partial charge < -0.3 is 9.80 Å². The van der Waals surface area contributed by atoms with Crippen LogP contribution in [0.1, 0.15) is 11.1 Å². The van der Waals surface area contributed by atoms with Crippen molar-refractivity contribution in [3.05, 3.63) is 153 Å². The standard InChI is InChI=1S/C32H26N4O4/c1-23-3-7-25(8-4-23)33(26-9-5-24(2)6-10-26)27-11-13-28(14-12-27)34(29-15-19-31(20-16-29)35(37)38)30-17-21-32(22-18-30)36(39)40/h3-22H,1-2H3. The minimum atomic E-state index is -0.445. The van der Waals surface area contributed by atoms with Gasteiger partial charge in [0.05, 0.1) is 9.85 Å². The summed E-state index contributed by atoms with van der Waals surface area (Å²) >= 11 is 0. The second-order valence-electron chi connectivity index (χ2n) is 9.41. The van der Waals surface area contributed by atoms with Crippen LogP contribution in [0, 0.1) is 34.1 Å². The highest BCUT2D eigenvalue weighted by atomic mass is 16.6. The summed E-state index contributed by atoms with van der Waals surface area (Å²) in [6, 6.07) is 37.1. The molecule has 0 atom stereocenters. The van der Waals surface area contributed by atoms with Gasteiger partial charge in [-0.1, -0.05) is 35.4 Å². The van der Waals surface area contributed by atoms with Crippen LogP contribution in [0.4, 0.5) is 45.5 Å². The molecule has 0 spiro atoms. The van der Waals surface area contributed by atoms with Crippen LogP contribution in [-0.4, -0.2) is 9.85 Å². The Morgan fingerprint density at radius 3 is 0.825 bits per heavy atom. The predicted octanol–water partition coefficient (Wildman–Crippen LogP) is 9.06. The van der Waals surface area contributed by atoms with E-state index in [-0.39, 0.29) is 11.4 Å². The first kappa shape index (κ1) is 26.1. The monoisotopic (exact) mass is 530 g/mol. The Kier molecular flexibility index (Phi) is 7.24. The molecule has 198 valence electrons. The maximum atomic E-state index is 11.2. The first-order chi connectivity index (χ1) is 19.3. The van der Waals surface area contributed by atoms with Crippen LogP contribution < -0.4 is 9.80 Å². The molecule has 5 rings (SSSR count). The Morgan fingerprint density at radius 1 is 0.400 bits per heavy atom. The summed E-state index contributed by atoms with van der Waals surface area (Å²) < 4.78 is 0. The first-order valence-electron chi connectivity index (χ1n) is 12.6. The van der Waals surface area contributed by atoms with Crippen molar-refractivity contribution >= 4 is 45.5 Å². The molecule has 0 aliphatic heterocycles. The van der Waals surface area contributed by atoms with E-state index in [1.54, 1.807) is 24.3 Å². The number of rotatable bonds is 8. The van der Waals surface area contributed by atoms with Crippen LogP contribution in [0.3, 0.4) is 0 Å². The van der Waals surface area contributed by atoms with Crippen molar-refractivity contribution in [1.29, 1.82) is 0 Å². The Labute approximate surface area is 231 Å². The molecule has 5 aromatic carbocycles. The maximum Gasteiger partial charge on any atom is 0.269 e. The van der Waals surface area contributed by atoms with E-state index < -0.39 is 9.85 Å².